The number of nitrogens with zero attached hydrogens (tertiary/aromatic N) is 2. The van der Waals surface area contributed by atoms with Gasteiger partial charge in [0.25, 0.3) is 5.91 Å². The van der Waals surface area contributed by atoms with Gasteiger partial charge in [0.15, 0.2) is 0 Å². The number of carbonyl (C=O) groups is 2. The topological polar surface area (TPSA) is 106 Å². The van der Waals surface area contributed by atoms with Crippen molar-refractivity contribution in [2.24, 2.45) is 5.10 Å². The van der Waals surface area contributed by atoms with Crippen LogP contribution in [0.5, 0.6) is 5.75 Å². The molecule has 1 aromatic heterocycles. The van der Waals surface area contributed by atoms with Gasteiger partial charge in [-0.15, -0.1) is 0 Å². The Bertz CT molecular complexity index is 1050. The zero-order valence-corrected chi connectivity index (χ0v) is 16.9. The molecule has 1 heterocycles. The van der Waals surface area contributed by atoms with Crippen molar-refractivity contribution in [2.75, 3.05) is 13.7 Å². The first-order valence-electron chi connectivity index (χ1n) is 9.33. The first-order chi connectivity index (χ1) is 14.5. The second-order valence-electron chi connectivity index (χ2n) is 6.34. The van der Waals surface area contributed by atoms with Crippen LogP contribution >= 0.6 is 0 Å². The summed E-state index contributed by atoms with van der Waals surface area (Å²) in [5.74, 6) is -0.0363. The molecule has 0 spiro atoms. The molecule has 2 aromatic carbocycles. The normalized spacial score (nSPS) is 10.8. The predicted octanol–water partition coefficient (Wildman–Crippen LogP) is 3.33. The quantitative estimate of drug-likeness (QED) is 0.356. The molecule has 3 aromatic rings. The van der Waals surface area contributed by atoms with Gasteiger partial charge in [-0.1, -0.05) is 12.1 Å². The first kappa shape index (κ1) is 20.8. The van der Waals surface area contributed by atoms with Gasteiger partial charge in [-0.2, -0.15) is 10.2 Å². The Morgan fingerprint density at radius 3 is 2.47 bits per heavy atom. The molecule has 3 rings (SSSR count). The average Bonchev–Trinajstić information content (AvgIpc) is 3.16. The molecule has 8 heteroatoms. The van der Waals surface area contributed by atoms with Crippen LogP contribution in [-0.4, -0.2) is 42.0 Å². The van der Waals surface area contributed by atoms with Crippen molar-refractivity contribution in [2.45, 2.75) is 13.8 Å². The maximum Gasteiger partial charge on any atom is 0.337 e. The highest BCUT2D eigenvalue weighted by Gasteiger charge is 2.16. The number of methoxy groups -OCH3 is 1. The monoisotopic (exact) mass is 406 g/mol. The maximum absolute atomic E-state index is 12.4. The Labute approximate surface area is 173 Å². The Kier molecular flexibility index (Phi) is 6.59. The van der Waals surface area contributed by atoms with Gasteiger partial charge < -0.3 is 9.47 Å². The number of hydrogen-bond acceptors (Lipinski definition) is 6. The molecule has 0 saturated heterocycles. The van der Waals surface area contributed by atoms with E-state index in [-0.39, 0.29) is 0 Å². The van der Waals surface area contributed by atoms with E-state index in [1.54, 1.807) is 24.3 Å². The third kappa shape index (κ3) is 4.72. The first-order valence-corrected chi connectivity index (χ1v) is 9.33. The number of carbonyl (C=O) groups excluding carboxylic acids is 2. The van der Waals surface area contributed by atoms with Crippen molar-refractivity contribution in [3.63, 3.8) is 0 Å². The summed E-state index contributed by atoms with van der Waals surface area (Å²) in [6.07, 6.45) is 1.48. The molecule has 0 saturated carbocycles. The van der Waals surface area contributed by atoms with Crippen LogP contribution < -0.4 is 10.2 Å². The van der Waals surface area contributed by atoms with Gasteiger partial charge in [0, 0.05) is 11.1 Å². The molecule has 2 N–H and O–H groups in total. The largest absolute Gasteiger partial charge is 0.494 e. The molecule has 0 fully saturated rings. The highest BCUT2D eigenvalue weighted by atomic mass is 16.5. The third-order valence-electron chi connectivity index (χ3n) is 4.39. The number of esters is 1. The molecule has 0 unspecified atom stereocenters. The minimum absolute atomic E-state index is 0.331. The lowest BCUT2D eigenvalue weighted by atomic mass is 10.1. The van der Waals surface area contributed by atoms with Gasteiger partial charge in [-0.3, -0.25) is 9.89 Å². The number of ether oxygens (including phenoxy) is 2. The highest BCUT2D eigenvalue weighted by molar-refractivity contribution is 5.96. The van der Waals surface area contributed by atoms with Gasteiger partial charge >= 0.3 is 5.97 Å². The highest BCUT2D eigenvalue weighted by Crippen LogP contribution is 2.25. The van der Waals surface area contributed by atoms with Gasteiger partial charge in [0.2, 0.25) is 0 Å². The predicted molar refractivity (Wildman–Crippen MR) is 113 cm³/mol. The zero-order valence-electron chi connectivity index (χ0n) is 16.9. The number of hydrogen-bond donors (Lipinski definition) is 2. The average molecular weight is 406 g/mol. The van der Waals surface area contributed by atoms with E-state index in [4.69, 9.17) is 4.74 Å². The Morgan fingerprint density at radius 1 is 1.13 bits per heavy atom. The number of rotatable bonds is 7. The summed E-state index contributed by atoms with van der Waals surface area (Å²) in [6.45, 7) is 4.34. The van der Waals surface area contributed by atoms with Crippen molar-refractivity contribution in [3.05, 3.63) is 70.9 Å². The van der Waals surface area contributed by atoms with Crippen LogP contribution in [0.3, 0.4) is 0 Å². The van der Waals surface area contributed by atoms with Crippen molar-refractivity contribution in [1.29, 1.82) is 0 Å². The fraction of sp³-hybridized carbons (Fsp3) is 0.182. The molecule has 8 nitrogen and oxygen atoms in total. The molecule has 0 atom stereocenters. The van der Waals surface area contributed by atoms with Crippen LogP contribution in [0.15, 0.2) is 53.6 Å². The van der Waals surface area contributed by atoms with Gasteiger partial charge in [-0.05, 0) is 55.8 Å². The van der Waals surface area contributed by atoms with Crippen LogP contribution in [0.1, 0.15) is 38.9 Å². The summed E-state index contributed by atoms with van der Waals surface area (Å²) < 4.78 is 10.1. The van der Waals surface area contributed by atoms with E-state index in [1.165, 1.54) is 13.3 Å². The Hall–Kier alpha value is -3.94. The number of nitrogens with one attached hydrogen (secondary N) is 2. The zero-order chi connectivity index (χ0) is 21.5. The number of aromatic amines is 1. The van der Waals surface area contributed by atoms with Gasteiger partial charge in [0.1, 0.15) is 11.4 Å². The number of aromatic nitrogens is 2. The van der Waals surface area contributed by atoms with Crippen LogP contribution in [0.25, 0.3) is 11.3 Å². The van der Waals surface area contributed by atoms with E-state index in [2.05, 4.69) is 25.5 Å². The van der Waals surface area contributed by atoms with E-state index < -0.39 is 11.9 Å². The second-order valence-corrected chi connectivity index (χ2v) is 6.34. The molecule has 0 aliphatic rings. The second kappa shape index (κ2) is 9.51. The van der Waals surface area contributed by atoms with Crippen LogP contribution in [0, 0.1) is 6.92 Å². The SMILES string of the molecule is CCOc1ccc(-c2n[nH]c(C(=O)N/N=C/c3ccc(C(=O)OC)cc3)c2C)cc1. The minimum Gasteiger partial charge on any atom is -0.494 e. The maximum atomic E-state index is 12.4. The van der Waals surface area contributed by atoms with Gasteiger partial charge in [-0.25, -0.2) is 10.2 Å². The summed E-state index contributed by atoms with van der Waals surface area (Å²) in [7, 11) is 1.33. The van der Waals surface area contributed by atoms with E-state index >= 15 is 0 Å². The molecule has 154 valence electrons. The molecule has 30 heavy (non-hydrogen) atoms. The van der Waals surface area contributed by atoms with Crippen LogP contribution in [-0.2, 0) is 4.74 Å². The van der Waals surface area contributed by atoms with Crippen molar-refractivity contribution in [3.8, 4) is 17.0 Å². The van der Waals surface area contributed by atoms with Crippen molar-refractivity contribution < 1.29 is 19.1 Å². The number of hydrazone groups is 1. The Balaban J connectivity index is 1.66. The minimum atomic E-state index is -0.412. The molecule has 0 aliphatic heterocycles. The molecule has 0 radical (unpaired) electrons. The third-order valence-corrected chi connectivity index (χ3v) is 4.39. The smallest absolute Gasteiger partial charge is 0.337 e. The molecular formula is C22H22N4O4. The van der Waals surface area contributed by atoms with Crippen molar-refractivity contribution >= 4 is 18.1 Å². The van der Waals surface area contributed by atoms with E-state index in [1.807, 2.05) is 38.1 Å². The summed E-state index contributed by atoms with van der Waals surface area (Å²) in [4.78, 5) is 23.9. The standard InChI is InChI=1S/C22H22N4O4/c1-4-30-18-11-9-16(10-12-18)19-14(2)20(25-24-19)21(27)26-23-13-15-5-7-17(8-6-15)22(28)29-3/h5-13H,4H2,1-3H3,(H,24,25)(H,26,27)/b23-13+. The number of benzene rings is 2. The van der Waals surface area contributed by atoms with Gasteiger partial charge in [0.05, 0.1) is 31.2 Å². The lowest BCUT2D eigenvalue weighted by Crippen LogP contribution is -2.19. The molecular weight excluding hydrogens is 384 g/mol. The summed E-state index contributed by atoms with van der Waals surface area (Å²) in [5, 5.41) is 11.0. The molecule has 1 amide bonds. The van der Waals surface area contributed by atoms with E-state index in [9.17, 15) is 9.59 Å². The fourth-order valence-electron chi connectivity index (χ4n) is 2.82. The Morgan fingerprint density at radius 2 is 1.83 bits per heavy atom. The van der Waals surface area contributed by atoms with Crippen molar-refractivity contribution in [1.82, 2.24) is 15.6 Å². The number of H-pyrrole nitrogens is 1. The molecule has 0 bridgehead atoms. The summed E-state index contributed by atoms with van der Waals surface area (Å²) in [5.41, 5.74) is 6.24. The van der Waals surface area contributed by atoms with Crippen LogP contribution in [0.4, 0.5) is 0 Å². The lowest BCUT2D eigenvalue weighted by Gasteiger charge is -2.04. The van der Waals surface area contributed by atoms with Crippen LogP contribution in [0.2, 0.25) is 0 Å². The van der Waals surface area contributed by atoms with E-state index in [0.717, 1.165) is 16.9 Å². The number of amides is 1. The summed E-state index contributed by atoms with van der Waals surface area (Å²) >= 11 is 0. The van der Waals surface area contributed by atoms with E-state index in [0.29, 0.717) is 29.1 Å². The molecule has 0 aliphatic carbocycles. The fourth-order valence-corrected chi connectivity index (χ4v) is 2.82. The summed E-state index contributed by atoms with van der Waals surface area (Å²) in [6, 6.07) is 14.2. The lowest BCUT2D eigenvalue weighted by molar-refractivity contribution is 0.0600.